The van der Waals surface area contributed by atoms with E-state index in [1.165, 1.54) is 105 Å². The first-order chi connectivity index (χ1) is 30.9. The van der Waals surface area contributed by atoms with Crippen LogP contribution < -0.4 is 4.90 Å². The fourth-order valence-electron chi connectivity index (χ4n) is 14.1. The molecule has 0 spiro atoms. The van der Waals surface area contributed by atoms with E-state index in [0.717, 1.165) is 34.8 Å². The summed E-state index contributed by atoms with van der Waals surface area (Å²) in [6.07, 6.45) is 8.66. The number of benzene rings is 8. The van der Waals surface area contributed by atoms with Gasteiger partial charge in [-0.1, -0.05) is 172 Å². The molecule has 4 fully saturated rings. The zero-order valence-corrected chi connectivity index (χ0v) is 36.4. The minimum absolute atomic E-state index is 0.0630. The molecule has 0 unspecified atom stereocenters. The fraction of sp³-hybridized carbons (Fsp3) is 0.226. The molecule has 8 aromatic carbocycles. The quantitative estimate of drug-likeness (QED) is 0.155. The van der Waals surface area contributed by atoms with Gasteiger partial charge in [-0.05, 0) is 170 Å². The van der Waals surface area contributed by atoms with E-state index in [4.69, 9.17) is 0 Å². The van der Waals surface area contributed by atoms with Crippen LogP contribution >= 0.6 is 0 Å². The summed E-state index contributed by atoms with van der Waals surface area (Å²) in [4.78, 5) is 2.50. The summed E-state index contributed by atoms with van der Waals surface area (Å²) in [5.74, 6) is 2.85. The zero-order valence-electron chi connectivity index (χ0n) is 36.4. The molecule has 14 rings (SSSR count). The molecule has 0 saturated heterocycles. The maximum atomic E-state index is 2.50. The molecule has 0 N–H and O–H groups in total. The largest absolute Gasteiger partial charge is 0.310 e. The van der Waals surface area contributed by atoms with E-state index in [2.05, 4.69) is 213 Å². The second kappa shape index (κ2) is 13.8. The number of fused-ring (bicyclic) bond motifs is 6. The second-order valence-corrected chi connectivity index (χ2v) is 20.3. The predicted octanol–water partition coefficient (Wildman–Crippen LogP) is 16.0. The fourth-order valence-corrected chi connectivity index (χ4v) is 14.1. The molecule has 0 aliphatic heterocycles. The van der Waals surface area contributed by atoms with Gasteiger partial charge in [-0.25, -0.2) is 0 Å². The van der Waals surface area contributed by atoms with Gasteiger partial charge in [0.15, 0.2) is 0 Å². The SMILES string of the molecule is CC1(C)c2ccccc2-c2cc(N(c3ccc(-c4ccc(C56CC7CC(CC(C7)C5)C6)cc4)cc3)c3ccc4c(c3)C(c3ccccc3)(c3ccccc3)c3ccccc3-4)ccc21. The highest BCUT2D eigenvalue weighted by atomic mass is 15.1. The summed E-state index contributed by atoms with van der Waals surface area (Å²) in [6.45, 7) is 4.74. The molecule has 6 aliphatic rings. The summed E-state index contributed by atoms with van der Waals surface area (Å²) in [5, 5.41) is 0. The molecular formula is C62H53N. The van der Waals surface area contributed by atoms with Gasteiger partial charge in [0.2, 0.25) is 0 Å². The number of hydrogen-bond acceptors (Lipinski definition) is 1. The van der Waals surface area contributed by atoms with Crippen LogP contribution in [0.25, 0.3) is 33.4 Å². The van der Waals surface area contributed by atoms with Crippen LogP contribution in [0.3, 0.4) is 0 Å². The normalized spacial score (nSPS) is 22.5. The molecule has 4 bridgehead atoms. The van der Waals surface area contributed by atoms with Gasteiger partial charge in [-0.15, -0.1) is 0 Å². The lowest BCUT2D eigenvalue weighted by Gasteiger charge is -2.57. The van der Waals surface area contributed by atoms with Gasteiger partial charge in [0.05, 0.1) is 5.41 Å². The molecule has 1 heteroatoms. The number of hydrogen-bond donors (Lipinski definition) is 0. The van der Waals surface area contributed by atoms with Gasteiger partial charge in [0.25, 0.3) is 0 Å². The lowest BCUT2D eigenvalue weighted by atomic mass is 9.48. The number of anilines is 3. The maximum absolute atomic E-state index is 2.50. The first-order valence-electron chi connectivity index (χ1n) is 23.5. The van der Waals surface area contributed by atoms with E-state index in [9.17, 15) is 0 Å². The molecule has 4 saturated carbocycles. The second-order valence-electron chi connectivity index (χ2n) is 20.3. The van der Waals surface area contributed by atoms with Gasteiger partial charge >= 0.3 is 0 Å². The Bertz CT molecular complexity index is 2970. The predicted molar refractivity (Wildman–Crippen MR) is 261 cm³/mol. The molecule has 0 heterocycles. The van der Waals surface area contributed by atoms with Crippen LogP contribution in [0.5, 0.6) is 0 Å². The lowest BCUT2D eigenvalue weighted by molar-refractivity contribution is -0.00518. The van der Waals surface area contributed by atoms with Crippen molar-refractivity contribution in [1.82, 2.24) is 0 Å². The van der Waals surface area contributed by atoms with E-state index in [1.807, 2.05) is 0 Å². The number of nitrogens with zero attached hydrogens (tertiary/aromatic N) is 1. The molecule has 6 aliphatic carbocycles. The van der Waals surface area contributed by atoms with Crippen molar-refractivity contribution < 1.29 is 0 Å². The van der Waals surface area contributed by atoms with E-state index in [-0.39, 0.29) is 5.41 Å². The molecule has 0 radical (unpaired) electrons. The average molecular weight is 812 g/mol. The first-order valence-corrected chi connectivity index (χ1v) is 23.5. The van der Waals surface area contributed by atoms with Crippen molar-refractivity contribution in [2.24, 2.45) is 17.8 Å². The smallest absolute Gasteiger partial charge is 0.0714 e. The van der Waals surface area contributed by atoms with Crippen molar-refractivity contribution in [3.63, 3.8) is 0 Å². The topological polar surface area (TPSA) is 3.24 Å². The molecular weight excluding hydrogens is 759 g/mol. The Labute approximate surface area is 373 Å². The molecule has 306 valence electrons. The van der Waals surface area contributed by atoms with Crippen molar-refractivity contribution >= 4 is 17.1 Å². The Morgan fingerprint density at radius 2 is 0.825 bits per heavy atom. The van der Waals surface area contributed by atoms with Crippen LogP contribution in [-0.4, -0.2) is 0 Å². The van der Waals surface area contributed by atoms with E-state index in [1.54, 1.807) is 5.56 Å². The third kappa shape index (κ3) is 5.48. The lowest BCUT2D eigenvalue weighted by Crippen LogP contribution is -2.48. The molecule has 1 nitrogen and oxygen atoms in total. The van der Waals surface area contributed by atoms with Gasteiger partial charge < -0.3 is 4.90 Å². The Kier molecular flexibility index (Phi) is 8.12. The Morgan fingerprint density at radius 3 is 1.44 bits per heavy atom. The van der Waals surface area contributed by atoms with Crippen molar-refractivity contribution in [3.05, 3.63) is 233 Å². The Morgan fingerprint density at radius 1 is 0.365 bits per heavy atom. The van der Waals surface area contributed by atoms with Gasteiger partial charge in [-0.3, -0.25) is 0 Å². The average Bonchev–Trinajstić information content (AvgIpc) is 3.74. The Balaban J connectivity index is 0.955. The summed E-state index contributed by atoms with van der Waals surface area (Å²) >= 11 is 0. The first kappa shape index (κ1) is 37.1. The van der Waals surface area contributed by atoms with Gasteiger partial charge in [0, 0.05) is 22.5 Å². The van der Waals surface area contributed by atoms with E-state index in [0.29, 0.717) is 5.41 Å². The minimum atomic E-state index is -0.483. The minimum Gasteiger partial charge on any atom is -0.310 e. The third-order valence-electron chi connectivity index (χ3n) is 16.5. The number of rotatable bonds is 7. The van der Waals surface area contributed by atoms with E-state index >= 15 is 0 Å². The van der Waals surface area contributed by atoms with Crippen molar-refractivity contribution in [3.8, 4) is 33.4 Å². The third-order valence-corrected chi connectivity index (χ3v) is 16.5. The van der Waals surface area contributed by atoms with Crippen LogP contribution in [0.4, 0.5) is 17.1 Å². The van der Waals surface area contributed by atoms with Crippen LogP contribution in [-0.2, 0) is 16.2 Å². The van der Waals surface area contributed by atoms with Crippen LogP contribution in [0.15, 0.2) is 194 Å². The van der Waals surface area contributed by atoms with E-state index < -0.39 is 5.41 Å². The maximum Gasteiger partial charge on any atom is 0.0714 e. The summed E-state index contributed by atoms with van der Waals surface area (Å²) in [6, 6.07) is 74.0. The highest BCUT2D eigenvalue weighted by Gasteiger charge is 2.51. The Hall–Kier alpha value is -6.44. The van der Waals surface area contributed by atoms with Gasteiger partial charge in [0.1, 0.15) is 0 Å². The summed E-state index contributed by atoms with van der Waals surface area (Å²) in [5.41, 5.74) is 20.7. The van der Waals surface area contributed by atoms with Crippen molar-refractivity contribution in [1.29, 1.82) is 0 Å². The highest BCUT2D eigenvalue weighted by Crippen LogP contribution is 2.61. The van der Waals surface area contributed by atoms with Crippen LogP contribution in [0, 0.1) is 17.8 Å². The van der Waals surface area contributed by atoms with Crippen LogP contribution in [0.1, 0.15) is 91.3 Å². The van der Waals surface area contributed by atoms with Crippen molar-refractivity contribution in [2.75, 3.05) is 4.90 Å². The van der Waals surface area contributed by atoms with Crippen molar-refractivity contribution in [2.45, 2.75) is 68.6 Å². The molecule has 8 aromatic rings. The molecule has 0 aromatic heterocycles. The summed E-state index contributed by atoms with van der Waals surface area (Å²) < 4.78 is 0. The monoisotopic (exact) mass is 811 g/mol. The molecule has 0 atom stereocenters. The molecule has 63 heavy (non-hydrogen) atoms. The summed E-state index contributed by atoms with van der Waals surface area (Å²) in [7, 11) is 0. The molecule has 0 amide bonds. The van der Waals surface area contributed by atoms with Crippen LogP contribution in [0.2, 0.25) is 0 Å². The standard InChI is InChI=1S/C62H53N/c1-60(2)56-19-11-9-18-53(56)55-36-50(30-32-57(55)60)63(49-27-23-45(24-28-49)44-21-25-46(26-22-44)61-38-41-33-42(39-61)35-43(34-41)40-61)51-29-31-54-52-17-10-12-20-58(52)62(59(54)37-51,47-13-5-3-6-14-47)48-15-7-4-8-16-48/h3-32,36-37,41-43H,33-35,38-40H2,1-2H3. The van der Waals surface area contributed by atoms with Gasteiger partial charge in [-0.2, -0.15) is 0 Å². The highest BCUT2D eigenvalue weighted by molar-refractivity contribution is 5.91. The zero-order chi connectivity index (χ0) is 41.9.